The number of aromatic nitrogens is 2. The molecule has 2 heteroatoms. The molecule has 0 radical (unpaired) electrons. The molecular weight excluding hydrogens is 148 g/mol. The molecule has 0 atom stereocenters. The zero-order chi connectivity index (χ0) is 8.55. The number of fused-ring (bicyclic) bond motifs is 1. The monoisotopic (exact) mass is 158 g/mol. The molecule has 0 amide bonds. The molecular formula is C10H10N2. The van der Waals surface area contributed by atoms with Crippen LogP contribution in [0.2, 0.25) is 0 Å². The van der Waals surface area contributed by atoms with Crippen molar-refractivity contribution in [2.24, 2.45) is 0 Å². The Kier molecular flexibility index (Phi) is 1.54. The van der Waals surface area contributed by atoms with E-state index in [1.165, 1.54) is 5.39 Å². The van der Waals surface area contributed by atoms with Crippen molar-refractivity contribution in [3.8, 4) is 0 Å². The normalized spacial score (nSPS) is 10.5. The van der Waals surface area contributed by atoms with E-state index in [0.717, 1.165) is 16.8 Å². The van der Waals surface area contributed by atoms with Gasteiger partial charge in [-0.25, -0.2) is 0 Å². The highest BCUT2D eigenvalue weighted by atomic mass is 14.7. The Morgan fingerprint density at radius 2 is 2.00 bits per heavy atom. The second-order valence-electron chi connectivity index (χ2n) is 2.94. The molecule has 0 spiro atoms. The number of aryl methyl sites for hydroxylation is 2. The van der Waals surface area contributed by atoms with E-state index in [2.05, 4.69) is 16.0 Å². The second-order valence-corrected chi connectivity index (χ2v) is 2.94. The van der Waals surface area contributed by atoms with Gasteiger partial charge in [0.1, 0.15) is 0 Å². The van der Waals surface area contributed by atoms with E-state index in [-0.39, 0.29) is 0 Å². The summed E-state index contributed by atoms with van der Waals surface area (Å²) in [4.78, 5) is 8.43. The molecule has 2 aromatic rings. The van der Waals surface area contributed by atoms with E-state index in [1.807, 2.05) is 32.3 Å². The minimum absolute atomic E-state index is 1.04. The van der Waals surface area contributed by atoms with Gasteiger partial charge in [-0.05, 0) is 31.4 Å². The average molecular weight is 158 g/mol. The maximum atomic E-state index is 4.23. The van der Waals surface area contributed by atoms with E-state index in [9.17, 15) is 0 Å². The Hall–Kier alpha value is -1.44. The van der Waals surface area contributed by atoms with Gasteiger partial charge in [-0.2, -0.15) is 0 Å². The molecule has 0 saturated carbocycles. The smallest absolute Gasteiger partial charge is 0.0466 e. The molecule has 0 saturated heterocycles. The Morgan fingerprint density at radius 1 is 1.17 bits per heavy atom. The highest BCUT2D eigenvalue weighted by molar-refractivity contribution is 5.83. The second kappa shape index (κ2) is 2.55. The molecule has 2 nitrogen and oxygen atoms in total. The standard InChI is InChI=1S/C10H10N2/c1-7-5-9-3-4-11-8(2)10(9)6-12-7/h3-6H,1-2H3. The van der Waals surface area contributed by atoms with Crippen LogP contribution < -0.4 is 0 Å². The van der Waals surface area contributed by atoms with Crippen molar-refractivity contribution in [1.29, 1.82) is 0 Å². The van der Waals surface area contributed by atoms with Crippen LogP contribution in [0.25, 0.3) is 10.8 Å². The van der Waals surface area contributed by atoms with Crippen molar-refractivity contribution in [1.82, 2.24) is 9.97 Å². The van der Waals surface area contributed by atoms with Crippen LogP contribution in [0.4, 0.5) is 0 Å². The average Bonchev–Trinajstić information content (AvgIpc) is 2.04. The van der Waals surface area contributed by atoms with Gasteiger partial charge < -0.3 is 0 Å². The van der Waals surface area contributed by atoms with E-state index in [0.29, 0.717) is 0 Å². The van der Waals surface area contributed by atoms with E-state index in [4.69, 9.17) is 0 Å². The van der Waals surface area contributed by atoms with E-state index >= 15 is 0 Å². The number of hydrogen-bond acceptors (Lipinski definition) is 2. The SMILES string of the molecule is Cc1cc2ccnc(C)c2cn1. The van der Waals surface area contributed by atoms with Crippen LogP contribution in [0.1, 0.15) is 11.4 Å². The van der Waals surface area contributed by atoms with Crippen LogP contribution in [0.5, 0.6) is 0 Å². The maximum absolute atomic E-state index is 4.23. The fraction of sp³-hybridized carbons (Fsp3) is 0.200. The summed E-state index contributed by atoms with van der Waals surface area (Å²) < 4.78 is 0. The third-order valence-corrected chi connectivity index (χ3v) is 1.98. The summed E-state index contributed by atoms with van der Waals surface area (Å²) >= 11 is 0. The van der Waals surface area contributed by atoms with Crippen LogP contribution >= 0.6 is 0 Å². The number of pyridine rings is 2. The van der Waals surface area contributed by atoms with E-state index < -0.39 is 0 Å². The van der Waals surface area contributed by atoms with E-state index in [1.54, 1.807) is 0 Å². The number of nitrogens with zero attached hydrogens (tertiary/aromatic N) is 2. The fourth-order valence-corrected chi connectivity index (χ4v) is 1.32. The van der Waals surface area contributed by atoms with Gasteiger partial charge in [0.2, 0.25) is 0 Å². The lowest BCUT2D eigenvalue weighted by Gasteiger charge is -2.00. The first-order valence-electron chi connectivity index (χ1n) is 3.95. The highest BCUT2D eigenvalue weighted by Gasteiger charge is 1.97. The number of rotatable bonds is 0. The van der Waals surface area contributed by atoms with Crippen LogP contribution in [0, 0.1) is 13.8 Å². The summed E-state index contributed by atoms with van der Waals surface area (Å²) in [5.41, 5.74) is 2.09. The predicted molar refractivity (Wildman–Crippen MR) is 49.0 cm³/mol. The van der Waals surface area contributed by atoms with Gasteiger partial charge in [0, 0.05) is 29.2 Å². The largest absolute Gasteiger partial charge is 0.261 e. The summed E-state index contributed by atoms with van der Waals surface area (Å²) in [6, 6.07) is 4.08. The zero-order valence-corrected chi connectivity index (χ0v) is 7.20. The lowest BCUT2D eigenvalue weighted by molar-refractivity contribution is 1.19. The first-order valence-corrected chi connectivity index (χ1v) is 3.95. The van der Waals surface area contributed by atoms with Gasteiger partial charge in [-0.3, -0.25) is 9.97 Å². The first kappa shape index (κ1) is 7.22. The molecule has 0 aliphatic heterocycles. The molecule has 0 bridgehead atoms. The summed E-state index contributed by atoms with van der Waals surface area (Å²) in [5.74, 6) is 0. The number of hydrogen-bond donors (Lipinski definition) is 0. The lowest BCUT2D eigenvalue weighted by atomic mass is 10.1. The molecule has 0 fully saturated rings. The Bertz CT molecular complexity index is 421. The molecule has 60 valence electrons. The van der Waals surface area contributed by atoms with Gasteiger partial charge in [0.25, 0.3) is 0 Å². The first-order chi connectivity index (χ1) is 5.77. The molecule has 0 aromatic carbocycles. The Morgan fingerprint density at radius 3 is 2.83 bits per heavy atom. The van der Waals surface area contributed by atoms with Crippen LogP contribution in [0.3, 0.4) is 0 Å². The van der Waals surface area contributed by atoms with Crippen molar-refractivity contribution in [2.45, 2.75) is 13.8 Å². The van der Waals surface area contributed by atoms with Crippen molar-refractivity contribution in [3.05, 3.63) is 35.9 Å². The highest BCUT2D eigenvalue weighted by Crippen LogP contribution is 2.15. The molecule has 2 aromatic heterocycles. The summed E-state index contributed by atoms with van der Waals surface area (Å²) in [6.07, 6.45) is 3.71. The third kappa shape index (κ3) is 1.05. The van der Waals surface area contributed by atoms with Crippen molar-refractivity contribution >= 4 is 10.8 Å². The molecule has 2 rings (SSSR count). The van der Waals surface area contributed by atoms with Crippen LogP contribution in [-0.4, -0.2) is 9.97 Å². The van der Waals surface area contributed by atoms with Crippen molar-refractivity contribution < 1.29 is 0 Å². The van der Waals surface area contributed by atoms with Crippen LogP contribution in [-0.2, 0) is 0 Å². The maximum Gasteiger partial charge on any atom is 0.0466 e. The summed E-state index contributed by atoms with van der Waals surface area (Å²) in [5, 5.41) is 2.36. The summed E-state index contributed by atoms with van der Waals surface area (Å²) in [6.45, 7) is 3.99. The van der Waals surface area contributed by atoms with Crippen LogP contribution in [0.15, 0.2) is 24.5 Å². The summed E-state index contributed by atoms with van der Waals surface area (Å²) in [7, 11) is 0. The van der Waals surface area contributed by atoms with Gasteiger partial charge >= 0.3 is 0 Å². The lowest BCUT2D eigenvalue weighted by Crippen LogP contribution is -1.86. The minimum atomic E-state index is 1.04. The Labute approximate surface area is 71.3 Å². The van der Waals surface area contributed by atoms with Gasteiger partial charge in [0.15, 0.2) is 0 Å². The zero-order valence-electron chi connectivity index (χ0n) is 7.20. The molecule has 2 heterocycles. The van der Waals surface area contributed by atoms with Gasteiger partial charge in [0.05, 0.1) is 0 Å². The van der Waals surface area contributed by atoms with Gasteiger partial charge in [-0.1, -0.05) is 0 Å². The topological polar surface area (TPSA) is 25.8 Å². The molecule has 12 heavy (non-hydrogen) atoms. The third-order valence-electron chi connectivity index (χ3n) is 1.98. The Balaban J connectivity index is 2.86. The van der Waals surface area contributed by atoms with Gasteiger partial charge in [-0.15, -0.1) is 0 Å². The fourth-order valence-electron chi connectivity index (χ4n) is 1.32. The quantitative estimate of drug-likeness (QED) is 0.587. The van der Waals surface area contributed by atoms with Crippen molar-refractivity contribution in [3.63, 3.8) is 0 Å². The molecule has 0 N–H and O–H groups in total. The molecule has 0 aliphatic rings. The minimum Gasteiger partial charge on any atom is -0.261 e. The molecule has 0 unspecified atom stereocenters. The molecule has 0 aliphatic carbocycles. The predicted octanol–water partition coefficient (Wildman–Crippen LogP) is 2.25. The van der Waals surface area contributed by atoms with Crippen molar-refractivity contribution in [2.75, 3.05) is 0 Å².